The molecule has 4 aromatic rings. The van der Waals surface area contributed by atoms with E-state index in [0.717, 1.165) is 35.6 Å². The number of aromatic nitrogens is 4. The van der Waals surface area contributed by atoms with Crippen LogP contribution in [0.15, 0.2) is 48.9 Å². The largest absolute Gasteiger partial charge is 0.504 e. The van der Waals surface area contributed by atoms with Gasteiger partial charge in [0, 0.05) is 51.2 Å². The van der Waals surface area contributed by atoms with E-state index < -0.39 is 0 Å². The van der Waals surface area contributed by atoms with Crippen LogP contribution in [0.2, 0.25) is 0 Å². The van der Waals surface area contributed by atoms with Gasteiger partial charge in [-0.2, -0.15) is 12.1 Å². The normalized spacial score (nSPS) is 11.7. The predicted octanol–water partition coefficient (Wildman–Crippen LogP) is 3.46. The van der Waals surface area contributed by atoms with Crippen molar-refractivity contribution >= 4 is 5.82 Å². The van der Waals surface area contributed by atoms with Crippen LogP contribution in [0, 0.1) is 25.0 Å². The molecule has 0 spiro atoms. The van der Waals surface area contributed by atoms with Crippen molar-refractivity contribution in [2.75, 3.05) is 0 Å². The van der Waals surface area contributed by atoms with Crippen molar-refractivity contribution in [2.45, 2.75) is 13.0 Å². The summed E-state index contributed by atoms with van der Waals surface area (Å²) in [5.74, 6) is 2.51. The Labute approximate surface area is 183 Å². The van der Waals surface area contributed by atoms with Gasteiger partial charge in [0.05, 0.1) is 13.6 Å². The Morgan fingerprint density at radius 3 is 2.86 bits per heavy atom. The molecule has 0 aliphatic carbocycles. The van der Waals surface area contributed by atoms with Gasteiger partial charge < -0.3 is 23.3 Å². The van der Waals surface area contributed by atoms with E-state index >= 15 is 0 Å². The van der Waals surface area contributed by atoms with Crippen molar-refractivity contribution in [3.63, 3.8) is 0 Å². The van der Waals surface area contributed by atoms with Gasteiger partial charge in [0.2, 0.25) is 12.1 Å². The van der Waals surface area contributed by atoms with E-state index in [4.69, 9.17) is 11.3 Å². The van der Waals surface area contributed by atoms with E-state index in [2.05, 4.69) is 28.3 Å². The predicted molar refractivity (Wildman–Crippen MR) is 101 cm³/mol. The Morgan fingerprint density at radius 1 is 1.21 bits per heavy atom. The first-order chi connectivity index (χ1) is 13.7. The van der Waals surface area contributed by atoms with Crippen molar-refractivity contribution in [3.05, 3.63) is 84.4 Å². The molecular formula is C22H15N5OPt-2. The van der Waals surface area contributed by atoms with Crippen LogP contribution in [0.5, 0.6) is 11.5 Å². The molecule has 0 bridgehead atoms. The fourth-order valence-corrected chi connectivity index (χ4v) is 3.37. The molecule has 0 atom stereocenters. The van der Waals surface area contributed by atoms with Crippen molar-refractivity contribution in [3.8, 4) is 28.6 Å². The maximum Gasteiger partial charge on any atom is 0.241 e. The Balaban J connectivity index is 0.00000205. The van der Waals surface area contributed by atoms with E-state index in [1.165, 1.54) is 0 Å². The molecule has 6 nitrogen and oxygen atoms in total. The minimum absolute atomic E-state index is 0. The fraction of sp³-hybridized carbons (Fsp3) is 0.136. The molecule has 1 aliphatic heterocycles. The number of rotatable bonds is 3. The van der Waals surface area contributed by atoms with Crippen LogP contribution in [0.4, 0.5) is 5.82 Å². The molecule has 7 heteroatoms. The summed E-state index contributed by atoms with van der Waals surface area (Å²) in [6.45, 7) is 8.05. The number of hydrogen-bond donors (Lipinski definition) is 0. The van der Waals surface area contributed by atoms with Crippen LogP contribution in [0.25, 0.3) is 21.9 Å². The molecule has 0 fully saturated rings. The zero-order valence-corrected chi connectivity index (χ0v) is 17.8. The Morgan fingerprint density at radius 2 is 2.07 bits per heavy atom. The van der Waals surface area contributed by atoms with Gasteiger partial charge in [-0.1, -0.05) is 23.9 Å². The van der Waals surface area contributed by atoms with E-state index in [1.54, 1.807) is 6.20 Å². The number of hydrogen-bond acceptors (Lipinski definition) is 2. The Kier molecular flexibility index (Phi) is 5.08. The van der Waals surface area contributed by atoms with Gasteiger partial charge >= 0.3 is 0 Å². The third-order valence-corrected chi connectivity index (χ3v) is 4.72. The first-order valence-electron chi connectivity index (χ1n) is 8.87. The number of imidazole rings is 2. The van der Waals surface area contributed by atoms with Gasteiger partial charge in [0.1, 0.15) is 5.82 Å². The van der Waals surface area contributed by atoms with Gasteiger partial charge in [-0.15, -0.1) is 29.8 Å². The third-order valence-electron chi connectivity index (χ3n) is 4.72. The first kappa shape index (κ1) is 19.2. The molecule has 1 aliphatic rings. The summed E-state index contributed by atoms with van der Waals surface area (Å²) in [5, 5.41) is 0. The number of ether oxygens (including phenoxy) is 1. The van der Waals surface area contributed by atoms with Gasteiger partial charge in [-0.3, -0.25) is 4.98 Å². The first-order valence-corrected chi connectivity index (χ1v) is 8.87. The number of benzene rings is 2. The quantitative estimate of drug-likeness (QED) is 0.285. The molecule has 0 N–H and O–H groups in total. The van der Waals surface area contributed by atoms with Crippen LogP contribution in [-0.4, -0.2) is 14.1 Å². The average molecular weight is 560 g/mol. The third kappa shape index (κ3) is 3.50. The summed E-state index contributed by atoms with van der Waals surface area (Å²) in [6.07, 6.45) is 9.44. The van der Waals surface area contributed by atoms with E-state index in [0.29, 0.717) is 17.3 Å². The summed E-state index contributed by atoms with van der Waals surface area (Å²) >= 11 is 0. The summed E-state index contributed by atoms with van der Waals surface area (Å²) < 4.78 is 11.7. The smallest absolute Gasteiger partial charge is 0.241 e. The Bertz CT molecular complexity index is 1230. The maximum absolute atomic E-state index is 7.29. The topological polar surface area (TPSA) is 40.2 Å². The fourth-order valence-electron chi connectivity index (χ4n) is 3.37. The molecule has 146 valence electrons. The second kappa shape index (κ2) is 7.69. The van der Waals surface area contributed by atoms with Crippen molar-refractivity contribution < 1.29 is 30.4 Å². The van der Waals surface area contributed by atoms with Crippen molar-refractivity contribution in [2.24, 2.45) is 7.05 Å². The average Bonchev–Trinajstić information content (AvgIpc) is 3.34. The van der Waals surface area contributed by atoms with E-state index in [9.17, 15) is 0 Å². The SMILES string of the molecule is [C-]#[N+]c1cnc2n1CCc1ccc(Oc3[c-]c(-n4[c-][n+](C)cc4)ccc3)[c-]c1-2.[Pt]. The molecule has 0 amide bonds. The van der Waals surface area contributed by atoms with Crippen molar-refractivity contribution in [1.82, 2.24) is 14.1 Å². The maximum atomic E-state index is 7.29. The second-order valence-corrected chi connectivity index (χ2v) is 6.56. The molecule has 2 aromatic carbocycles. The minimum Gasteiger partial charge on any atom is -0.504 e. The molecule has 3 heterocycles. The van der Waals surface area contributed by atoms with Gasteiger partial charge in [0.15, 0.2) is 0 Å². The minimum atomic E-state index is 0. The summed E-state index contributed by atoms with van der Waals surface area (Å²) in [6, 6.07) is 16.3. The molecule has 2 aromatic heterocycles. The van der Waals surface area contributed by atoms with Gasteiger partial charge in [-0.05, 0) is 6.42 Å². The summed E-state index contributed by atoms with van der Waals surface area (Å²) in [4.78, 5) is 7.96. The molecule has 0 saturated heterocycles. The standard InChI is InChI=1S/C22H15N5O.Pt/c1-23-21-14-24-22-20-13-19(7-6-16(20)8-9-27(21)22)28-18-5-3-4-17(12-18)26-11-10-25(2)15-26;/h3-7,10-11,14H,8-9H2,2H3;/q-2;. The molecule has 0 unspecified atom stereocenters. The second-order valence-electron chi connectivity index (χ2n) is 6.56. The van der Waals surface area contributed by atoms with Crippen LogP contribution in [0.3, 0.4) is 0 Å². The number of fused-ring (bicyclic) bond motifs is 3. The van der Waals surface area contributed by atoms with Gasteiger partial charge in [0.25, 0.3) is 0 Å². The van der Waals surface area contributed by atoms with Crippen LogP contribution >= 0.6 is 0 Å². The molecule has 0 saturated carbocycles. The summed E-state index contributed by atoms with van der Waals surface area (Å²) in [5.41, 5.74) is 2.89. The molecular weight excluding hydrogens is 545 g/mol. The zero-order valence-electron chi connectivity index (χ0n) is 15.5. The monoisotopic (exact) mass is 560 g/mol. The van der Waals surface area contributed by atoms with E-state index in [1.807, 2.05) is 63.5 Å². The Hall–Kier alpha value is -3.16. The molecule has 0 radical (unpaired) electrons. The molecule has 29 heavy (non-hydrogen) atoms. The van der Waals surface area contributed by atoms with Crippen LogP contribution in [-0.2, 0) is 41.1 Å². The zero-order chi connectivity index (χ0) is 19.1. The van der Waals surface area contributed by atoms with Crippen LogP contribution < -0.4 is 9.30 Å². The number of nitrogens with zero attached hydrogens (tertiary/aromatic N) is 5. The van der Waals surface area contributed by atoms with Gasteiger partial charge in [-0.25, -0.2) is 0 Å². The van der Waals surface area contributed by atoms with E-state index in [-0.39, 0.29) is 21.1 Å². The molecule has 5 rings (SSSR count). The van der Waals surface area contributed by atoms with Crippen LogP contribution in [0.1, 0.15) is 5.56 Å². The summed E-state index contributed by atoms with van der Waals surface area (Å²) in [7, 11) is 1.92. The number of aryl methyl sites for hydroxylation is 2. The van der Waals surface area contributed by atoms with Crippen molar-refractivity contribution in [1.29, 1.82) is 0 Å².